The van der Waals surface area contributed by atoms with Gasteiger partial charge in [0.25, 0.3) is 11.8 Å². The number of amides is 2. The van der Waals surface area contributed by atoms with Gasteiger partial charge in [-0.15, -0.1) is 0 Å². The van der Waals surface area contributed by atoms with E-state index in [2.05, 4.69) is 6.92 Å². The lowest BCUT2D eigenvalue weighted by atomic mass is 10.1. The summed E-state index contributed by atoms with van der Waals surface area (Å²) in [7, 11) is 0. The van der Waals surface area contributed by atoms with Crippen LogP contribution in [0.5, 0.6) is 0 Å². The van der Waals surface area contributed by atoms with Crippen LogP contribution in [0, 0.1) is 11.8 Å². The summed E-state index contributed by atoms with van der Waals surface area (Å²) in [5.74, 6) is 0.401. The fraction of sp³-hybridized carbons (Fsp3) is 0.556. The Morgan fingerprint density at radius 2 is 1.46 bits per heavy atom. The third-order valence-electron chi connectivity index (χ3n) is 4.91. The highest BCUT2D eigenvalue weighted by molar-refractivity contribution is 6.21. The van der Waals surface area contributed by atoms with Crippen molar-refractivity contribution >= 4 is 11.8 Å². The van der Waals surface area contributed by atoms with Crippen LogP contribution in [0.1, 0.15) is 34.6 Å². The number of nitrogens with two attached hydrogens (primary N) is 1. The van der Waals surface area contributed by atoms with Crippen LogP contribution >= 0.6 is 0 Å². The average molecular weight is 332 g/mol. The third-order valence-corrected chi connectivity index (χ3v) is 4.91. The monoisotopic (exact) mass is 332 g/mol. The molecule has 0 aliphatic carbocycles. The molecule has 2 amide bonds. The molecule has 1 unspecified atom stereocenters. The summed E-state index contributed by atoms with van der Waals surface area (Å²) >= 11 is 0. The molecule has 24 heavy (non-hydrogen) atoms. The summed E-state index contributed by atoms with van der Waals surface area (Å²) in [6, 6.07) is 7.14. The first-order valence-corrected chi connectivity index (χ1v) is 8.38. The van der Waals surface area contributed by atoms with Gasteiger partial charge < -0.3 is 15.2 Å². The van der Waals surface area contributed by atoms with Crippen molar-refractivity contribution in [2.75, 3.05) is 26.4 Å². The van der Waals surface area contributed by atoms with Gasteiger partial charge in [-0.25, -0.2) is 0 Å². The molecule has 6 heteroatoms. The zero-order valence-electron chi connectivity index (χ0n) is 14.1. The lowest BCUT2D eigenvalue weighted by Gasteiger charge is -2.23. The molecule has 0 saturated carbocycles. The van der Waals surface area contributed by atoms with Gasteiger partial charge in [-0.05, 0) is 18.1 Å². The van der Waals surface area contributed by atoms with Crippen LogP contribution in [-0.4, -0.2) is 55.2 Å². The van der Waals surface area contributed by atoms with Crippen LogP contribution in [-0.2, 0) is 9.47 Å². The van der Waals surface area contributed by atoms with E-state index in [9.17, 15) is 9.59 Å². The van der Waals surface area contributed by atoms with E-state index in [4.69, 9.17) is 15.2 Å². The Morgan fingerprint density at radius 3 is 1.83 bits per heavy atom. The Labute approximate surface area is 141 Å². The molecular weight excluding hydrogens is 308 g/mol. The van der Waals surface area contributed by atoms with Crippen molar-refractivity contribution in [1.82, 2.24) is 4.90 Å². The van der Waals surface area contributed by atoms with Crippen molar-refractivity contribution < 1.29 is 19.1 Å². The van der Waals surface area contributed by atoms with Crippen molar-refractivity contribution in [2.45, 2.75) is 25.9 Å². The number of nitrogens with zero attached hydrogens (tertiary/aromatic N) is 1. The lowest BCUT2D eigenvalue weighted by molar-refractivity contribution is 0.0547. The van der Waals surface area contributed by atoms with Crippen molar-refractivity contribution in [3.63, 3.8) is 0 Å². The smallest absolute Gasteiger partial charge is 0.261 e. The van der Waals surface area contributed by atoms with Crippen molar-refractivity contribution in [2.24, 2.45) is 17.6 Å². The number of benzene rings is 1. The maximum Gasteiger partial charge on any atom is 0.261 e. The van der Waals surface area contributed by atoms with Crippen molar-refractivity contribution in [3.8, 4) is 0 Å². The molecule has 3 aliphatic rings. The highest BCUT2D eigenvalue weighted by Crippen LogP contribution is 2.29. The summed E-state index contributed by atoms with van der Waals surface area (Å²) in [6.07, 6.45) is 0. The molecule has 3 aliphatic heterocycles. The van der Waals surface area contributed by atoms with Gasteiger partial charge in [0.1, 0.15) is 0 Å². The molecule has 4 atom stereocenters. The average Bonchev–Trinajstić information content (AvgIpc) is 3.23. The highest BCUT2D eigenvalue weighted by atomic mass is 16.5. The van der Waals surface area contributed by atoms with Crippen LogP contribution in [0.15, 0.2) is 24.3 Å². The number of fused-ring (bicyclic) bond motifs is 1. The topological polar surface area (TPSA) is 81.9 Å². The molecule has 1 aromatic rings. The van der Waals surface area contributed by atoms with Crippen LogP contribution in [0.3, 0.4) is 0 Å². The number of hydrogen-bond acceptors (Lipinski definition) is 5. The summed E-state index contributed by atoms with van der Waals surface area (Å²) in [6.45, 7) is 6.77. The third kappa shape index (κ3) is 3.09. The van der Waals surface area contributed by atoms with Crippen molar-refractivity contribution in [3.05, 3.63) is 35.4 Å². The number of hydrogen-bond donors (Lipinski definition) is 1. The van der Waals surface area contributed by atoms with E-state index in [1.807, 2.05) is 6.92 Å². The first kappa shape index (κ1) is 17.1. The van der Waals surface area contributed by atoms with E-state index in [0.717, 1.165) is 13.2 Å². The molecular formula is C18H24N2O4. The number of carbonyl (C=O) groups is 2. The zero-order chi connectivity index (χ0) is 17.3. The number of rotatable bonds is 1. The van der Waals surface area contributed by atoms with E-state index in [1.54, 1.807) is 24.3 Å². The van der Waals surface area contributed by atoms with Gasteiger partial charge in [0, 0.05) is 12.0 Å². The molecule has 0 aromatic heterocycles. The van der Waals surface area contributed by atoms with E-state index >= 15 is 0 Å². The van der Waals surface area contributed by atoms with Crippen LogP contribution in [0.4, 0.5) is 0 Å². The van der Waals surface area contributed by atoms with Gasteiger partial charge >= 0.3 is 0 Å². The molecule has 3 heterocycles. The Morgan fingerprint density at radius 1 is 0.917 bits per heavy atom. The predicted molar refractivity (Wildman–Crippen MR) is 88.7 cm³/mol. The molecule has 0 radical (unpaired) electrons. The molecule has 1 aromatic carbocycles. The Bertz CT molecular complexity index is 590. The van der Waals surface area contributed by atoms with Gasteiger partial charge in [0.15, 0.2) is 0 Å². The minimum absolute atomic E-state index is 0.123. The Hall–Kier alpha value is -1.76. The summed E-state index contributed by atoms with van der Waals surface area (Å²) in [5.41, 5.74) is 6.57. The molecule has 0 bridgehead atoms. The molecule has 2 saturated heterocycles. The standard InChI is InChI=1S/C13H13NO3.C5H11NO/c1-8-6-17-7-11(8)14-12(15)9-4-2-3-5-10(9)13(14)16;1-4-2-7-3-5(4)6/h2-5,8,11H,6-7H2,1H3;4-5H,2-3,6H2,1H3/t8-,11?;4-,5+/m00/s1. The number of imide groups is 1. The number of ether oxygens (including phenoxy) is 2. The van der Waals surface area contributed by atoms with Gasteiger partial charge in [-0.3, -0.25) is 14.5 Å². The second-order valence-corrected chi connectivity index (χ2v) is 6.79. The van der Waals surface area contributed by atoms with Crippen LogP contribution in [0.2, 0.25) is 0 Å². The fourth-order valence-corrected chi connectivity index (χ4v) is 3.17. The van der Waals surface area contributed by atoms with Crippen LogP contribution in [0.25, 0.3) is 0 Å². The SMILES string of the molecule is C[C@H]1COCC1N1C(=O)c2ccccc2C1=O.C[C@H]1COC[C@H]1N. The highest BCUT2D eigenvalue weighted by Gasteiger charge is 2.43. The van der Waals surface area contributed by atoms with Gasteiger partial charge in [-0.2, -0.15) is 0 Å². The van der Waals surface area contributed by atoms with E-state index in [0.29, 0.717) is 36.3 Å². The molecule has 2 fully saturated rings. The first-order valence-electron chi connectivity index (χ1n) is 8.38. The molecule has 0 spiro atoms. The quantitative estimate of drug-likeness (QED) is 0.784. The normalized spacial score (nSPS) is 31.9. The molecule has 130 valence electrons. The molecule has 4 rings (SSSR count). The molecule has 2 N–H and O–H groups in total. The van der Waals surface area contributed by atoms with Gasteiger partial charge in [0.2, 0.25) is 0 Å². The van der Waals surface area contributed by atoms with Gasteiger partial charge in [-0.1, -0.05) is 26.0 Å². The minimum atomic E-state index is -0.187. The second-order valence-electron chi connectivity index (χ2n) is 6.79. The van der Waals surface area contributed by atoms with Gasteiger partial charge in [0.05, 0.1) is 43.6 Å². The predicted octanol–water partition coefficient (Wildman–Crippen LogP) is 1.30. The van der Waals surface area contributed by atoms with E-state index < -0.39 is 0 Å². The van der Waals surface area contributed by atoms with E-state index in [-0.39, 0.29) is 23.8 Å². The molecule has 6 nitrogen and oxygen atoms in total. The van der Waals surface area contributed by atoms with Crippen molar-refractivity contribution in [1.29, 1.82) is 0 Å². The maximum absolute atomic E-state index is 12.2. The zero-order valence-corrected chi connectivity index (χ0v) is 14.1. The van der Waals surface area contributed by atoms with Crippen LogP contribution < -0.4 is 5.73 Å². The summed E-state index contributed by atoms with van der Waals surface area (Å²) < 4.78 is 10.4. The largest absolute Gasteiger partial charge is 0.379 e. The maximum atomic E-state index is 12.2. The number of carbonyl (C=O) groups excluding carboxylic acids is 2. The Kier molecular flexibility index (Phi) is 4.99. The first-order chi connectivity index (χ1) is 11.5. The van der Waals surface area contributed by atoms with E-state index in [1.165, 1.54) is 4.90 Å². The minimum Gasteiger partial charge on any atom is -0.379 e. The lowest BCUT2D eigenvalue weighted by Crippen LogP contribution is -2.43. The fourth-order valence-electron chi connectivity index (χ4n) is 3.17. The second kappa shape index (κ2) is 7.01. The Balaban J connectivity index is 0.000000203. The summed E-state index contributed by atoms with van der Waals surface area (Å²) in [4.78, 5) is 25.7. The summed E-state index contributed by atoms with van der Waals surface area (Å²) in [5, 5.41) is 0.